The van der Waals surface area contributed by atoms with E-state index in [1.165, 1.54) is 5.56 Å². The second-order valence-corrected chi connectivity index (χ2v) is 6.30. The van der Waals surface area contributed by atoms with Gasteiger partial charge in [-0.25, -0.2) is 4.98 Å². The highest BCUT2D eigenvalue weighted by Gasteiger charge is 2.15. The number of carboxylic acid groups (broad SMARTS) is 1. The van der Waals surface area contributed by atoms with Crippen LogP contribution in [0.4, 0.5) is 0 Å². The molecule has 0 spiro atoms. The summed E-state index contributed by atoms with van der Waals surface area (Å²) in [7, 11) is 0. The summed E-state index contributed by atoms with van der Waals surface area (Å²) in [5, 5.41) is 9.90. The van der Waals surface area contributed by atoms with Crippen LogP contribution in [0.25, 0.3) is 0 Å². The van der Waals surface area contributed by atoms with Crippen molar-refractivity contribution in [3.8, 4) is 0 Å². The third-order valence-corrected chi connectivity index (χ3v) is 4.21. The van der Waals surface area contributed by atoms with Crippen molar-refractivity contribution in [1.29, 1.82) is 0 Å². The summed E-state index contributed by atoms with van der Waals surface area (Å²) in [5.74, 6) is -0.419. The van der Waals surface area contributed by atoms with Crippen molar-refractivity contribution in [1.82, 2.24) is 4.98 Å². The van der Waals surface area contributed by atoms with Gasteiger partial charge in [0.15, 0.2) is 0 Å². The zero-order chi connectivity index (χ0) is 14.5. The number of thiazole rings is 1. The van der Waals surface area contributed by atoms with Crippen molar-refractivity contribution in [3.63, 3.8) is 0 Å². The van der Waals surface area contributed by atoms with Gasteiger partial charge in [-0.2, -0.15) is 0 Å². The molecule has 2 rings (SSSR count). The van der Waals surface area contributed by atoms with Crippen molar-refractivity contribution in [2.45, 2.75) is 39.0 Å². The summed E-state index contributed by atoms with van der Waals surface area (Å²) in [6.45, 7) is 4.21. The van der Waals surface area contributed by atoms with Gasteiger partial charge in [0.25, 0.3) is 0 Å². The molecule has 2 aromatic rings. The van der Waals surface area contributed by atoms with Crippen LogP contribution in [0.15, 0.2) is 30.3 Å². The first-order valence-corrected chi connectivity index (χ1v) is 7.62. The van der Waals surface area contributed by atoms with Crippen molar-refractivity contribution in [2.24, 2.45) is 0 Å². The van der Waals surface area contributed by atoms with Gasteiger partial charge >= 0.3 is 5.97 Å². The molecule has 0 aliphatic carbocycles. The number of carboxylic acids is 1. The number of aryl methyl sites for hydroxylation is 1. The molecule has 1 heterocycles. The highest BCUT2D eigenvalue weighted by Crippen LogP contribution is 2.27. The van der Waals surface area contributed by atoms with Crippen LogP contribution in [-0.2, 0) is 17.6 Å². The highest BCUT2D eigenvalue weighted by atomic mass is 32.1. The maximum atomic E-state index is 10.7. The number of hydrogen-bond donors (Lipinski definition) is 1. The minimum Gasteiger partial charge on any atom is -0.481 e. The molecule has 4 heteroatoms. The number of benzene rings is 1. The fraction of sp³-hybridized carbons (Fsp3) is 0.375. The summed E-state index contributed by atoms with van der Waals surface area (Å²) in [6, 6.07) is 10.2. The van der Waals surface area contributed by atoms with E-state index < -0.39 is 5.97 Å². The normalized spacial score (nSPS) is 10.9. The molecule has 0 radical (unpaired) electrons. The first-order valence-electron chi connectivity index (χ1n) is 6.80. The molecule has 1 aromatic carbocycles. The van der Waals surface area contributed by atoms with E-state index in [9.17, 15) is 4.79 Å². The van der Waals surface area contributed by atoms with Gasteiger partial charge in [0, 0.05) is 11.3 Å². The maximum Gasteiger partial charge on any atom is 0.303 e. The van der Waals surface area contributed by atoms with Crippen LogP contribution in [0.3, 0.4) is 0 Å². The molecule has 0 bridgehead atoms. The van der Waals surface area contributed by atoms with Crippen LogP contribution in [0, 0.1) is 0 Å². The summed E-state index contributed by atoms with van der Waals surface area (Å²) in [6.07, 6.45) is 1.57. The first-order chi connectivity index (χ1) is 9.56. The Labute approximate surface area is 123 Å². The SMILES string of the molecule is CC(C)c1nc(Cc2ccccc2)sc1CCC(=O)O. The van der Waals surface area contributed by atoms with Crippen LogP contribution in [0.2, 0.25) is 0 Å². The van der Waals surface area contributed by atoms with E-state index in [1.807, 2.05) is 18.2 Å². The zero-order valence-electron chi connectivity index (χ0n) is 11.8. The van der Waals surface area contributed by atoms with E-state index in [2.05, 4.69) is 26.0 Å². The quantitative estimate of drug-likeness (QED) is 0.878. The van der Waals surface area contributed by atoms with E-state index in [0.29, 0.717) is 12.3 Å². The number of aliphatic carboxylic acids is 1. The molecule has 1 aromatic heterocycles. The zero-order valence-corrected chi connectivity index (χ0v) is 12.6. The highest BCUT2D eigenvalue weighted by molar-refractivity contribution is 7.11. The van der Waals surface area contributed by atoms with Crippen molar-refractivity contribution < 1.29 is 9.90 Å². The molecule has 0 aliphatic heterocycles. The van der Waals surface area contributed by atoms with Gasteiger partial charge in [0.2, 0.25) is 0 Å². The van der Waals surface area contributed by atoms with Gasteiger partial charge in [-0.05, 0) is 17.9 Å². The fourth-order valence-electron chi connectivity index (χ4n) is 2.11. The van der Waals surface area contributed by atoms with E-state index >= 15 is 0 Å². The minimum absolute atomic E-state index is 0.173. The van der Waals surface area contributed by atoms with Crippen LogP contribution in [0.1, 0.15) is 47.3 Å². The second kappa shape index (κ2) is 6.66. The number of hydrogen-bond acceptors (Lipinski definition) is 3. The fourth-order valence-corrected chi connectivity index (χ4v) is 3.37. The van der Waals surface area contributed by atoms with Crippen molar-refractivity contribution >= 4 is 17.3 Å². The summed E-state index contributed by atoms with van der Waals surface area (Å²) in [4.78, 5) is 16.6. The lowest BCUT2D eigenvalue weighted by atomic mass is 10.1. The molecule has 0 amide bonds. The molecule has 1 N–H and O–H groups in total. The van der Waals surface area contributed by atoms with Crippen LogP contribution in [-0.4, -0.2) is 16.1 Å². The van der Waals surface area contributed by atoms with Crippen molar-refractivity contribution in [3.05, 3.63) is 51.5 Å². The van der Waals surface area contributed by atoms with E-state index in [0.717, 1.165) is 22.0 Å². The minimum atomic E-state index is -0.752. The predicted molar refractivity (Wildman–Crippen MR) is 81.4 cm³/mol. The molecule has 0 saturated carbocycles. The van der Waals surface area contributed by atoms with Crippen LogP contribution >= 0.6 is 11.3 Å². The van der Waals surface area contributed by atoms with Crippen molar-refractivity contribution in [2.75, 3.05) is 0 Å². The Morgan fingerprint density at radius 2 is 2.00 bits per heavy atom. The lowest BCUT2D eigenvalue weighted by Crippen LogP contribution is -1.99. The molecule has 106 valence electrons. The molecule has 0 aliphatic rings. The lowest BCUT2D eigenvalue weighted by molar-refractivity contribution is -0.136. The summed E-state index contributed by atoms with van der Waals surface area (Å²) in [5.41, 5.74) is 2.29. The molecule has 3 nitrogen and oxygen atoms in total. The van der Waals surface area contributed by atoms with E-state index in [1.54, 1.807) is 11.3 Å². The second-order valence-electron chi connectivity index (χ2n) is 5.13. The average Bonchev–Trinajstić information content (AvgIpc) is 2.81. The molecule has 0 unspecified atom stereocenters. The van der Waals surface area contributed by atoms with Gasteiger partial charge in [-0.3, -0.25) is 4.79 Å². The lowest BCUT2D eigenvalue weighted by Gasteiger charge is -2.03. The van der Waals surface area contributed by atoms with E-state index in [-0.39, 0.29) is 6.42 Å². The monoisotopic (exact) mass is 289 g/mol. The molecule has 20 heavy (non-hydrogen) atoms. The Morgan fingerprint density at radius 1 is 1.30 bits per heavy atom. The molecule has 0 saturated heterocycles. The van der Waals surface area contributed by atoms with Gasteiger partial charge in [0.1, 0.15) is 0 Å². The standard InChI is InChI=1S/C16H19NO2S/c1-11(2)16-13(8-9-15(18)19)20-14(17-16)10-12-6-4-3-5-7-12/h3-7,11H,8-10H2,1-2H3,(H,18,19). The average molecular weight is 289 g/mol. The molecular weight excluding hydrogens is 270 g/mol. The summed E-state index contributed by atoms with van der Waals surface area (Å²) < 4.78 is 0. The molecule has 0 fully saturated rings. The van der Waals surface area contributed by atoms with E-state index in [4.69, 9.17) is 10.1 Å². The van der Waals surface area contributed by atoms with Crippen LogP contribution in [0.5, 0.6) is 0 Å². The number of nitrogens with zero attached hydrogens (tertiary/aromatic N) is 1. The Morgan fingerprint density at radius 3 is 2.60 bits per heavy atom. The molecule has 0 atom stereocenters. The van der Waals surface area contributed by atoms with Gasteiger partial charge in [-0.15, -0.1) is 11.3 Å². The number of rotatable bonds is 6. The summed E-state index contributed by atoms with van der Waals surface area (Å²) >= 11 is 1.65. The smallest absolute Gasteiger partial charge is 0.303 e. The largest absolute Gasteiger partial charge is 0.481 e. The Balaban J connectivity index is 2.18. The number of carbonyl (C=O) groups is 1. The third-order valence-electron chi connectivity index (χ3n) is 3.08. The van der Waals surface area contributed by atoms with Gasteiger partial charge in [0.05, 0.1) is 17.1 Å². The third kappa shape index (κ3) is 3.90. The maximum absolute atomic E-state index is 10.7. The topological polar surface area (TPSA) is 50.2 Å². The Kier molecular flexibility index (Phi) is 4.90. The predicted octanol–water partition coefficient (Wildman–Crippen LogP) is 3.87. The van der Waals surface area contributed by atoms with Gasteiger partial charge < -0.3 is 5.11 Å². The number of aromatic nitrogens is 1. The van der Waals surface area contributed by atoms with Crippen LogP contribution < -0.4 is 0 Å². The molecular formula is C16H19NO2S. The Bertz CT molecular complexity index is 575. The van der Waals surface area contributed by atoms with Gasteiger partial charge in [-0.1, -0.05) is 44.2 Å². The first kappa shape index (κ1) is 14.7. The Hall–Kier alpha value is -1.68.